The Morgan fingerprint density at radius 2 is 1.24 bits per heavy atom. The van der Waals surface area contributed by atoms with Crippen LogP contribution in [0.25, 0.3) is 20.9 Å². The highest BCUT2D eigenvalue weighted by molar-refractivity contribution is 7.90. The fraction of sp³-hybridized carbons (Fsp3) is 0.0588. The molecule has 0 spiro atoms. The number of rotatable bonds is 3. The smallest absolute Gasteiger partial charge is 0.175 e. The normalized spacial score (nSPS) is 11.5. The van der Waals surface area contributed by atoms with Crippen molar-refractivity contribution in [1.29, 1.82) is 0 Å². The van der Waals surface area contributed by atoms with E-state index in [0.29, 0.717) is 4.90 Å². The van der Waals surface area contributed by atoms with Gasteiger partial charge in [-0.05, 0) is 35.4 Å². The van der Waals surface area contributed by atoms with Crippen LogP contribution >= 0.6 is 11.3 Å². The third-order valence-corrected chi connectivity index (χ3v) is 5.54. The molecular weight excluding hydrogens is 300 g/mol. The molecule has 0 saturated heterocycles. The van der Waals surface area contributed by atoms with E-state index in [-0.39, 0.29) is 0 Å². The first kappa shape index (κ1) is 14.0. The van der Waals surface area contributed by atoms with Gasteiger partial charge in [-0.3, -0.25) is 0 Å². The third kappa shape index (κ3) is 3.06. The summed E-state index contributed by atoms with van der Waals surface area (Å²) in [4.78, 5) is 2.69. The number of thiophene rings is 1. The Bertz CT molecular complexity index is 845. The molecule has 1 heterocycles. The number of benzene rings is 2. The molecule has 0 aliphatic carbocycles. The topological polar surface area (TPSA) is 34.1 Å². The van der Waals surface area contributed by atoms with Gasteiger partial charge in [0.1, 0.15) is 0 Å². The van der Waals surface area contributed by atoms with Crippen LogP contribution in [0.15, 0.2) is 71.6 Å². The molecule has 0 N–H and O–H groups in total. The van der Waals surface area contributed by atoms with Crippen LogP contribution in [0, 0.1) is 0 Å². The van der Waals surface area contributed by atoms with Crippen molar-refractivity contribution in [3.8, 4) is 20.9 Å². The van der Waals surface area contributed by atoms with Crippen LogP contribution < -0.4 is 0 Å². The van der Waals surface area contributed by atoms with Crippen molar-refractivity contribution in [2.45, 2.75) is 4.90 Å². The standard InChI is InChI=1S/C17H14O2S2/c1-21(18,19)15-9-7-14(8-10-15)17-12-11-16(20-17)13-5-3-2-4-6-13/h2-12H,1H3. The zero-order chi connectivity index (χ0) is 14.9. The minimum Gasteiger partial charge on any atom is -0.224 e. The van der Waals surface area contributed by atoms with Gasteiger partial charge in [0.2, 0.25) is 0 Å². The van der Waals surface area contributed by atoms with Crippen molar-refractivity contribution in [2.24, 2.45) is 0 Å². The highest BCUT2D eigenvalue weighted by atomic mass is 32.2. The lowest BCUT2D eigenvalue weighted by Gasteiger charge is -2.01. The Hall–Kier alpha value is -1.91. The van der Waals surface area contributed by atoms with E-state index in [2.05, 4.69) is 24.3 Å². The average Bonchev–Trinajstić information content (AvgIpc) is 2.97. The lowest BCUT2D eigenvalue weighted by atomic mass is 10.2. The average molecular weight is 314 g/mol. The van der Waals surface area contributed by atoms with Gasteiger partial charge in [-0.25, -0.2) is 8.42 Å². The molecule has 0 amide bonds. The van der Waals surface area contributed by atoms with Crippen molar-refractivity contribution >= 4 is 21.2 Å². The maximum absolute atomic E-state index is 11.5. The van der Waals surface area contributed by atoms with Gasteiger partial charge in [-0.15, -0.1) is 11.3 Å². The van der Waals surface area contributed by atoms with Crippen LogP contribution in [0.1, 0.15) is 0 Å². The summed E-state index contributed by atoms with van der Waals surface area (Å²) in [6.07, 6.45) is 1.22. The second kappa shape index (κ2) is 5.47. The molecule has 0 saturated carbocycles. The monoisotopic (exact) mass is 314 g/mol. The molecule has 0 radical (unpaired) electrons. The Kier molecular flexibility index (Phi) is 3.66. The zero-order valence-corrected chi connectivity index (χ0v) is 13.1. The molecule has 4 heteroatoms. The molecule has 0 aliphatic rings. The van der Waals surface area contributed by atoms with Crippen molar-refractivity contribution < 1.29 is 8.42 Å². The predicted molar refractivity (Wildman–Crippen MR) is 88.3 cm³/mol. The third-order valence-electron chi connectivity index (χ3n) is 3.23. The summed E-state index contributed by atoms with van der Waals surface area (Å²) in [6.45, 7) is 0. The molecule has 0 bridgehead atoms. The second-order valence-electron chi connectivity index (χ2n) is 4.83. The van der Waals surface area contributed by atoms with Crippen molar-refractivity contribution in [1.82, 2.24) is 0 Å². The van der Waals surface area contributed by atoms with Gasteiger partial charge in [-0.1, -0.05) is 42.5 Å². The number of sulfone groups is 1. The van der Waals surface area contributed by atoms with E-state index >= 15 is 0 Å². The summed E-state index contributed by atoms with van der Waals surface area (Å²) in [5.74, 6) is 0. The highest BCUT2D eigenvalue weighted by Crippen LogP contribution is 2.34. The Labute approximate surface area is 128 Å². The van der Waals surface area contributed by atoms with Crippen LogP contribution in [0.4, 0.5) is 0 Å². The van der Waals surface area contributed by atoms with Gasteiger partial charge in [-0.2, -0.15) is 0 Å². The van der Waals surface area contributed by atoms with Gasteiger partial charge in [0.05, 0.1) is 4.90 Å². The number of hydrogen-bond acceptors (Lipinski definition) is 3. The van der Waals surface area contributed by atoms with E-state index in [4.69, 9.17) is 0 Å². The van der Waals surface area contributed by atoms with Crippen LogP contribution in [-0.2, 0) is 9.84 Å². The summed E-state index contributed by atoms with van der Waals surface area (Å²) in [6, 6.07) is 21.4. The van der Waals surface area contributed by atoms with Gasteiger partial charge < -0.3 is 0 Å². The maximum atomic E-state index is 11.5. The summed E-state index contributed by atoms with van der Waals surface area (Å²) < 4.78 is 22.9. The fourth-order valence-corrected chi connectivity index (χ4v) is 3.76. The molecule has 0 unspecified atom stereocenters. The molecule has 2 nitrogen and oxygen atoms in total. The molecule has 2 aromatic carbocycles. The summed E-state index contributed by atoms with van der Waals surface area (Å²) in [5, 5.41) is 0. The van der Waals surface area contributed by atoms with E-state index in [1.807, 2.05) is 30.3 Å². The van der Waals surface area contributed by atoms with Gasteiger partial charge in [0, 0.05) is 16.0 Å². The minimum atomic E-state index is -3.14. The first-order valence-electron chi connectivity index (χ1n) is 6.50. The van der Waals surface area contributed by atoms with Gasteiger partial charge in [0.25, 0.3) is 0 Å². The van der Waals surface area contributed by atoms with E-state index in [1.54, 1.807) is 23.5 Å². The first-order valence-corrected chi connectivity index (χ1v) is 9.20. The molecule has 0 fully saturated rings. The Morgan fingerprint density at radius 3 is 1.76 bits per heavy atom. The van der Waals surface area contributed by atoms with Gasteiger partial charge in [0.15, 0.2) is 9.84 Å². The second-order valence-corrected chi connectivity index (χ2v) is 7.93. The summed E-state index contributed by atoms with van der Waals surface area (Å²) in [5.41, 5.74) is 2.23. The summed E-state index contributed by atoms with van der Waals surface area (Å²) >= 11 is 1.70. The highest BCUT2D eigenvalue weighted by Gasteiger charge is 2.08. The fourth-order valence-electron chi connectivity index (χ4n) is 2.12. The van der Waals surface area contributed by atoms with E-state index in [1.165, 1.54) is 16.7 Å². The lowest BCUT2D eigenvalue weighted by molar-refractivity contribution is 0.602. The number of hydrogen-bond donors (Lipinski definition) is 0. The largest absolute Gasteiger partial charge is 0.224 e. The molecule has 3 aromatic rings. The van der Waals surface area contributed by atoms with Crippen LogP contribution in [0.2, 0.25) is 0 Å². The van der Waals surface area contributed by atoms with Crippen molar-refractivity contribution in [3.63, 3.8) is 0 Å². The molecule has 0 atom stereocenters. The van der Waals surface area contributed by atoms with Crippen LogP contribution in [0.5, 0.6) is 0 Å². The van der Waals surface area contributed by atoms with E-state index in [9.17, 15) is 8.42 Å². The van der Waals surface area contributed by atoms with Gasteiger partial charge >= 0.3 is 0 Å². The lowest BCUT2D eigenvalue weighted by Crippen LogP contribution is -1.95. The predicted octanol–water partition coefficient (Wildman–Crippen LogP) is 4.49. The zero-order valence-electron chi connectivity index (χ0n) is 11.5. The van der Waals surface area contributed by atoms with Crippen LogP contribution in [-0.4, -0.2) is 14.7 Å². The Morgan fingerprint density at radius 1 is 0.714 bits per heavy atom. The van der Waals surface area contributed by atoms with Crippen LogP contribution in [0.3, 0.4) is 0 Å². The SMILES string of the molecule is CS(=O)(=O)c1ccc(-c2ccc(-c3ccccc3)s2)cc1. The molecule has 3 rings (SSSR count). The first-order chi connectivity index (χ1) is 10.0. The summed E-state index contributed by atoms with van der Waals surface area (Å²) in [7, 11) is -3.14. The van der Waals surface area contributed by atoms with Crippen molar-refractivity contribution in [2.75, 3.05) is 6.26 Å². The molecule has 0 aliphatic heterocycles. The quantitative estimate of drug-likeness (QED) is 0.714. The van der Waals surface area contributed by atoms with Crippen molar-refractivity contribution in [3.05, 3.63) is 66.7 Å². The van der Waals surface area contributed by atoms with E-state index in [0.717, 1.165) is 10.4 Å². The molecule has 106 valence electrons. The molecule has 21 heavy (non-hydrogen) atoms. The van der Waals surface area contributed by atoms with E-state index < -0.39 is 9.84 Å². The minimum absolute atomic E-state index is 0.353. The maximum Gasteiger partial charge on any atom is 0.175 e. The molecule has 1 aromatic heterocycles. The molecular formula is C17H14O2S2. The Balaban J connectivity index is 1.94.